The number of hydrogen-bond acceptors (Lipinski definition) is 41. The number of phenols is 2. The van der Waals surface area contributed by atoms with Crippen molar-refractivity contribution >= 4 is 199 Å². The molecule has 15 N–H and O–H groups in total. The van der Waals surface area contributed by atoms with E-state index in [-0.39, 0.29) is 137 Å². The van der Waals surface area contributed by atoms with Gasteiger partial charge in [-0.3, -0.25) is 23.4 Å². The minimum absolute atomic E-state index is 0. The summed E-state index contributed by atoms with van der Waals surface area (Å²) in [6.45, 7) is 0.231. The smallest absolute Gasteiger partial charge is 0.433 e. The highest BCUT2D eigenvalue weighted by molar-refractivity contribution is 8.04. The van der Waals surface area contributed by atoms with Gasteiger partial charge in [0.15, 0.2) is 43.4 Å². The van der Waals surface area contributed by atoms with Gasteiger partial charge in [-0.1, -0.05) is 10.1 Å². The second kappa shape index (κ2) is 43.5. The van der Waals surface area contributed by atoms with E-state index in [1.54, 1.807) is 84.9 Å². The first-order valence-electron chi connectivity index (χ1n) is 32.5. The summed E-state index contributed by atoms with van der Waals surface area (Å²) in [6, 6.07) is 42.7. The minimum atomic E-state index is -5.17. The Hall–Kier alpha value is -11.2. The lowest BCUT2D eigenvalue weighted by Gasteiger charge is -2.12. The van der Waals surface area contributed by atoms with E-state index in [4.69, 9.17) is 40.2 Å². The second-order valence-electron chi connectivity index (χ2n) is 23.0. The zero-order chi connectivity index (χ0) is 83.8. The van der Waals surface area contributed by atoms with E-state index in [0.717, 1.165) is 41.7 Å². The molecule has 42 nitrogen and oxygen atoms in total. The number of nitrogens with two attached hydrogens (primary N) is 2. The number of thioether (sulfide) groups is 2. The zero-order valence-corrected chi connectivity index (χ0v) is 67.3. The molecule has 119 heavy (non-hydrogen) atoms. The van der Waals surface area contributed by atoms with Gasteiger partial charge < -0.3 is 37.4 Å². The summed E-state index contributed by atoms with van der Waals surface area (Å²) in [5.74, 6) is -1.61. The van der Waals surface area contributed by atoms with Crippen LogP contribution in [0.2, 0.25) is 0 Å². The topological polar surface area (TPSA) is 659 Å². The van der Waals surface area contributed by atoms with Crippen molar-refractivity contribution in [1.82, 2.24) is 0 Å². The number of unbranched alkanes of at least 4 members (excludes halogenated alkanes) is 2. The van der Waals surface area contributed by atoms with Crippen LogP contribution >= 0.6 is 47.6 Å². The number of azo groups is 6. The lowest BCUT2D eigenvalue weighted by atomic mass is 10.1. The lowest BCUT2D eigenvalue weighted by molar-refractivity contribution is -0.432. The van der Waals surface area contributed by atoms with E-state index in [9.17, 15) is 56.9 Å². The van der Waals surface area contributed by atoms with Gasteiger partial charge in [0.2, 0.25) is 0 Å². The van der Waals surface area contributed by atoms with Gasteiger partial charge in [-0.2, -0.15) is 61.1 Å². The van der Waals surface area contributed by atoms with Gasteiger partial charge in [0.25, 0.3) is 10.1 Å². The Bertz CT molecular complexity index is 6230. The van der Waals surface area contributed by atoms with Crippen molar-refractivity contribution < 1.29 is 129 Å². The van der Waals surface area contributed by atoms with Gasteiger partial charge >= 0.3 is 20.8 Å². The molecule has 10 aromatic carbocycles. The van der Waals surface area contributed by atoms with Crippen LogP contribution in [0.15, 0.2) is 272 Å². The maximum absolute atomic E-state index is 13.5. The first kappa shape index (κ1) is 93.3. The van der Waals surface area contributed by atoms with Crippen LogP contribution in [0.25, 0.3) is 21.5 Å². The summed E-state index contributed by atoms with van der Waals surface area (Å²) < 4.78 is 171. The van der Waals surface area contributed by atoms with E-state index in [1.807, 2.05) is 12.2 Å². The van der Waals surface area contributed by atoms with Crippen molar-refractivity contribution in [3.63, 3.8) is 0 Å². The molecule has 624 valence electrons. The van der Waals surface area contributed by atoms with E-state index in [0.29, 0.717) is 68.7 Å². The molecule has 0 saturated heterocycles. The number of fused-ring (bicyclic) bond motifs is 2. The van der Waals surface area contributed by atoms with Crippen LogP contribution in [0.5, 0.6) is 11.5 Å². The summed E-state index contributed by atoms with van der Waals surface area (Å²) >= 11 is 2.79. The number of benzene rings is 10. The number of aromatic hydroxyl groups is 2. The average molecular weight is 1810 g/mol. The van der Waals surface area contributed by atoms with Crippen molar-refractivity contribution in [1.29, 1.82) is 0 Å². The molecular weight excluding hydrogens is 1750 g/mol. The third kappa shape index (κ3) is 27.7. The van der Waals surface area contributed by atoms with Gasteiger partial charge in [-0.25, -0.2) is 27.4 Å². The van der Waals surface area contributed by atoms with Gasteiger partial charge in [0, 0.05) is 55.1 Å². The quantitative estimate of drug-likeness (QED) is 0.00201. The Morgan fingerprint density at radius 1 is 0.378 bits per heavy atom. The summed E-state index contributed by atoms with van der Waals surface area (Å²) in [6.07, 6.45) is 4.69. The van der Waals surface area contributed by atoms with Crippen molar-refractivity contribution in [2.75, 3.05) is 36.2 Å². The first-order chi connectivity index (χ1) is 55.9. The molecule has 0 aliphatic rings. The molecule has 0 aliphatic carbocycles. The summed E-state index contributed by atoms with van der Waals surface area (Å²) in [7, 11) is -22.8. The first-order valence-corrected chi connectivity index (χ1v) is 43.1. The number of nitrogens with zero attached hydrogens (tertiary/aromatic N) is 12. The number of rotatable bonds is 37. The molecule has 0 amide bonds. The highest BCUT2D eigenvalue weighted by Gasteiger charge is 2.25. The standard InChI is InChI=1S/C68H56N14O26S9.2H2O/c69-57-28-26-53-55(40-60(111-105-103-85)65(67(53)83)81-76-44-9-5-42(6-10-44)71-73-46-13-19-49(20-14-46)109-35-33-101-107-116(94,95)96)63(57)79-75-48-17-23-51(24-18-48)113(87,88)37-3-1-31-100-32-2-4-38-114(89,90)52-25-30-59(62(39-52)115(91,92)93)78-80-64-56-41-61(112-106-104-86)66(68(84)54(56)27-29-58(64)70)82-77-45-11-7-43(8-12-45)72-74-47-15-21-50(22-16-47)110-36-34-102-108-117(97,98)99;;/h5-30,39-41,83-86H,1-4,31-32,37-38,69-70H2,(H,91,92,93)(H,94,95,96)(H,97,98,99);2*1H2. The summed E-state index contributed by atoms with van der Waals surface area (Å²) in [5.41, 5.74) is 14.5. The molecule has 10 aromatic rings. The normalized spacial score (nSPS) is 12.2. The van der Waals surface area contributed by atoms with Crippen LogP contribution in [0, 0.1) is 22.7 Å². The number of phenolic OH excluding ortho intramolecular Hbond substituents is 2. The molecular formula is C68H60N14O28S9. The zero-order valence-electron chi connectivity index (χ0n) is 60.0. The van der Waals surface area contributed by atoms with Gasteiger partial charge in [0.1, 0.15) is 33.3 Å². The van der Waals surface area contributed by atoms with E-state index >= 15 is 0 Å². The fraction of sp³-hybridized carbons (Fsp3) is 0.118. The molecule has 0 saturated carbocycles. The SMILES string of the molecule is Nc1ccc2c(O)c(N=Nc3ccc(N=Nc4ccc(SC#COOS(=O)(=O)O)cc4)cc3)c(SOOO)cc2c1N=Nc1ccc(S(=O)(=O)CCCCOCCCCS(=O)(=O)c2ccc(N=Nc3c(N)ccc4c(O)c(N=Nc5ccc(N=Nc6ccc(SC#COOS(=O)(=O)O)cc6)cc5)c(SOOO)cc34)c(S(=O)(=O)O)c2)cc1.O.O. The van der Waals surface area contributed by atoms with Crippen LogP contribution in [0.4, 0.5) is 79.6 Å². The van der Waals surface area contributed by atoms with Crippen molar-refractivity contribution in [3.05, 3.63) is 176 Å². The number of ether oxygens (including phenoxy) is 1. The van der Waals surface area contributed by atoms with Crippen LogP contribution < -0.4 is 11.5 Å². The Labute approximate surface area is 691 Å². The van der Waals surface area contributed by atoms with E-state index in [2.05, 4.69) is 105 Å². The minimum Gasteiger partial charge on any atom is -0.505 e. The van der Waals surface area contributed by atoms with E-state index in [1.165, 1.54) is 72.8 Å². The maximum Gasteiger partial charge on any atom is 0.433 e. The molecule has 0 bridgehead atoms. The Balaban J connectivity index is 0.00000882. The summed E-state index contributed by atoms with van der Waals surface area (Å²) in [5, 5.41) is 105. The monoisotopic (exact) mass is 1810 g/mol. The molecule has 51 heteroatoms. The summed E-state index contributed by atoms with van der Waals surface area (Å²) in [4.78, 5) is 8.06. The molecule has 0 aliphatic heterocycles. The van der Waals surface area contributed by atoms with Crippen molar-refractivity contribution in [2.45, 2.75) is 60.0 Å². The van der Waals surface area contributed by atoms with Crippen LogP contribution in [-0.4, -0.2) is 112 Å². The third-order valence-corrected chi connectivity index (χ3v) is 22.8. The van der Waals surface area contributed by atoms with Crippen LogP contribution in [0.3, 0.4) is 0 Å². The van der Waals surface area contributed by atoms with Crippen LogP contribution in [0.1, 0.15) is 25.7 Å². The van der Waals surface area contributed by atoms with Gasteiger partial charge in [-0.15, -0.1) is 34.2 Å². The predicted octanol–water partition coefficient (Wildman–Crippen LogP) is 16.9. The number of anilines is 2. The lowest BCUT2D eigenvalue weighted by Crippen LogP contribution is -2.10. The highest BCUT2D eigenvalue weighted by atomic mass is 32.3. The maximum atomic E-state index is 13.5. The fourth-order valence-corrected chi connectivity index (χ4v) is 15.5. The molecule has 0 spiro atoms. The fourth-order valence-electron chi connectivity index (χ4n) is 9.82. The van der Waals surface area contributed by atoms with E-state index < -0.39 is 77.6 Å². The molecule has 0 aromatic heterocycles. The number of nitrogen functional groups attached to an aromatic ring is 2. The Kier molecular flexibility index (Phi) is 34.1. The van der Waals surface area contributed by atoms with Gasteiger partial charge in [-0.05, 0) is 234 Å². The highest BCUT2D eigenvalue weighted by Crippen LogP contribution is 2.50. The molecule has 10 rings (SSSR count). The van der Waals surface area contributed by atoms with Crippen molar-refractivity contribution in [3.8, 4) is 34.2 Å². The predicted molar refractivity (Wildman–Crippen MR) is 430 cm³/mol. The second-order valence-corrected chi connectivity index (χ2v) is 33.9. The molecule has 0 radical (unpaired) electrons. The van der Waals surface area contributed by atoms with Crippen molar-refractivity contribution in [2.24, 2.45) is 61.4 Å². The average Bonchev–Trinajstić information content (AvgIpc) is 0.771. The van der Waals surface area contributed by atoms with Gasteiger partial charge in [0.05, 0.1) is 106 Å². The molecule has 0 atom stereocenters. The third-order valence-electron chi connectivity index (χ3n) is 15.2. The molecule has 0 fully saturated rings. The molecule has 0 unspecified atom stereocenters. The Morgan fingerprint density at radius 3 is 1.08 bits per heavy atom. The largest absolute Gasteiger partial charge is 0.505 e. The molecule has 0 heterocycles. The number of sulfone groups is 2. The van der Waals surface area contributed by atoms with Crippen LogP contribution in [-0.2, 0) is 92.5 Å². The Morgan fingerprint density at radius 2 is 0.714 bits per heavy atom. The number of hydrogen-bond donors (Lipinski definition) is 9.